The third-order valence-electron chi connectivity index (χ3n) is 5.83. The van der Waals surface area contributed by atoms with E-state index in [-0.39, 0.29) is 12.3 Å². The van der Waals surface area contributed by atoms with Crippen molar-refractivity contribution in [2.24, 2.45) is 0 Å². The number of aromatic nitrogens is 1. The lowest BCUT2D eigenvalue weighted by atomic mass is 9.97. The first-order valence-corrected chi connectivity index (χ1v) is 11.0. The van der Waals surface area contributed by atoms with Gasteiger partial charge in [0, 0.05) is 47.5 Å². The highest BCUT2D eigenvalue weighted by Gasteiger charge is 2.19. The Kier molecular flexibility index (Phi) is 7.69. The summed E-state index contributed by atoms with van der Waals surface area (Å²) in [6.45, 7) is 8.92. The molecule has 30 heavy (non-hydrogen) atoms. The number of carbonyl (C=O) groups excluding carboxylic acids is 2. The molecule has 1 atom stereocenters. The van der Waals surface area contributed by atoms with Crippen molar-refractivity contribution in [3.8, 4) is 0 Å². The van der Waals surface area contributed by atoms with Crippen LogP contribution in [0.1, 0.15) is 58.4 Å². The summed E-state index contributed by atoms with van der Waals surface area (Å²) in [5.74, 6) is -0.836. The molecule has 0 spiro atoms. The largest absolute Gasteiger partial charge is 0.465 e. The zero-order valence-electron chi connectivity index (χ0n) is 18.3. The number of esters is 1. The first-order valence-electron chi connectivity index (χ1n) is 11.0. The lowest BCUT2D eigenvalue weighted by Crippen LogP contribution is -2.35. The molecule has 1 aromatic carbocycles. The number of nitrogens with zero attached hydrogens (tertiary/aromatic N) is 1. The lowest BCUT2D eigenvalue weighted by molar-refractivity contribution is -0.145. The standard InChI is InChI=1S/C24H33N3O3/c1-4-6-13-30-24(29)15-23(28)26-19-7-8-22-20(14-19)21(16-25-22)18-9-11-27(12-10-18)17(3)5-2/h7-9,14,16-17,25H,4-6,10-13,15H2,1-3H3,(H,26,28). The summed E-state index contributed by atoms with van der Waals surface area (Å²) in [6.07, 6.45) is 8.03. The van der Waals surface area contributed by atoms with Gasteiger partial charge in [0.05, 0.1) is 6.61 Å². The number of H-pyrrole nitrogens is 1. The Hall–Kier alpha value is -2.60. The Morgan fingerprint density at radius 1 is 1.30 bits per heavy atom. The van der Waals surface area contributed by atoms with E-state index < -0.39 is 5.97 Å². The van der Waals surface area contributed by atoms with E-state index in [1.807, 2.05) is 31.3 Å². The van der Waals surface area contributed by atoms with E-state index in [2.05, 4.69) is 35.1 Å². The Morgan fingerprint density at radius 3 is 2.83 bits per heavy atom. The van der Waals surface area contributed by atoms with Crippen LogP contribution in [0, 0.1) is 0 Å². The van der Waals surface area contributed by atoms with E-state index in [9.17, 15) is 9.59 Å². The van der Waals surface area contributed by atoms with Gasteiger partial charge < -0.3 is 15.0 Å². The summed E-state index contributed by atoms with van der Waals surface area (Å²) in [5, 5.41) is 3.91. The number of hydrogen-bond acceptors (Lipinski definition) is 4. The van der Waals surface area contributed by atoms with Crippen LogP contribution in [0.25, 0.3) is 16.5 Å². The number of aromatic amines is 1. The minimum atomic E-state index is -0.484. The molecular formula is C24H33N3O3. The van der Waals surface area contributed by atoms with Crippen molar-refractivity contribution in [3.63, 3.8) is 0 Å². The maximum absolute atomic E-state index is 12.2. The van der Waals surface area contributed by atoms with Crippen LogP contribution in [0.3, 0.4) is 0 Å². The van der Waals surface area contributed by atoms with Crippen LogP contribution in [0.4, 0.5) is 5.69 Å². The first-order chi connectivity index (χ1) is 14.5. The molecule has 2 heterocycles. The van der Waals surface area contributed by atoms with Gasteiger partial charge in [-0.05, 0) is 50.0 Å². The zero-order valence-corrected chi connectivity index (χ0v) is 18.3. The van der Waals surface area contributed by atoms with Gasteiger partial charge in [0.1, 0.15) is 6.42 Å². The SMILES string of the molecule is CCCCOC(=O)CC(=O)Nc1ccc2[nH]cc(C3=CCN(C(C)CC)CC3)c2c1. The first kappa shape index (κ1) is 22.1. The molecule has 1 aliphatic rings. The highest BCUT2D eigenvalue weighted by atomic mass is 16.5. The summed E-state index contributed by atoms with van der Waals surface area (Å²) in [5.41, 5.74) is 4.24. The van der Waals surface area contributed by atoms with Gasteiger partial charge in [-0.1, -0.05) is 26.3 Å². The van der Waals surface area contributed by atoms with Crippen LogP contribution in [0.2, 0.25) is 0 Å². The number of unbranched alkanes of at least 4 members (excludes halogenated alkanes) is 1. The molecule has 0 radical (unpaired) electrons. The topological polar surface area (TPSA) is 74.4 Å². The summed E-state index contributed by atoms with van der Waals surface area (Å²) in [7, 11) is 0. The van der Waals surface area contributed by atoms with Crippen LogP contribution in [0.15, 0.2) is 30.5 Å². The van der Waals surface area contributed by atoms with Crippen LogP contribution >= 0.6 is 0 Å². The van der Waals surface area contributed by atoms with E-state index in [1.165, 1.54) is 11.1 Å². The van der Waals surface area contributed by atoms with Crippen LogP contribution in [0.5, 0.6) is 0 Å². The Bertz CT molecular complexity index is 916. The number of amides is 1. The average Bonchev–Trinajstić information content (AvgIpc) is 3.16. The molecule has 2 aromatic rings. The monoisotopic (exact) mass is 411 g/mol. The molecule has 0 bridgehead atoms. The van der Waals surface area contributed by atoms with Crippen molar-refractivity contribution in [3.05, 3.63) is 36.0 Å². The maximum Gasteiger partial charge on any atom is 0.315 e. The molecule has 0 saturated heterocycles. The quantitative estimate of drug-likeness (QED) is 0.355. The van der Waals surface area contributed by atoms with Crippen molar-refractivity contribution in [1.29, 1.82) is 0 Å². The van der Waals surface area contributed by atoms with E-state index >= 15 is 0 Å². The number of ether oxygens (including phenoxy) is 1. The van der Waals surface area contributed by atoms with Crippen LogP contribution in [-0.4, -0.2) is 47.5 Å². The van der Waals surface area contributed by atoms with Crippen molar-refractivity contribution in [2.45, 2.75) is 58.9 Å². The molecule has 6 heteroatoms. The number of benzene rings is 1. The summed E-state index contributed by atoms with van der Waals surface area (Å²) in [6, 6.07) is 6.39. The van der Waals surface area contributed by atoms with Crippen LogP contribution in [-0.2, 0) is 14.3 Å². The molecule has 1 aromatic heterocycles. The van der Waals surface area contributed by atoms with Gasteiger partial charge in [-0.25, -0.2) is 0 Å². The predicted molar refractivity (Wildman–Crippen MR) is 121 cm³/mol. The van der Waals surface area contributed by atoms with Crippen molar-refractivity contribution < 1.29 is 14.3 Å². The number of carbonyl (C=O) groups is 2. The van der Waals surface area contributed by atoms with Gasteiger partial charge in [0.25, 0.3) is 0 Å². The average molecular weight is 412 g/mol. The molecule has 0 aliphatic carbocycles. The number of nitrogens with one attached hydrogen (secondary N) is 2. The van der Waals surface area contributed by atoms with Crippen LogP contribution < -0.4 is 5.32 Å². The number of hydrogen-bond donors (Lipinski definition) is 2. The van der Waals surface area contributed by atoms with E-state index in [1.54, 1.807) is 0 Å². The Labute approximate surface area is 178 Å². The second-order valence-electron chi connectivity index (χ2n) is 7.99. The van der Waals surface area contributed by atoms with Crippen molar-refractivity contribution >= 4 is 34.0 Å². The van der Waals surface area contributed by atoms with Crippen molar-refractivity contribution in [1.82, 2.24) is 9.88 Å². The van der Waals surface area contributed by atoms with Gasteiger partial charge >= 0.3 is 5.97 Å². The normalized spacial score (nSPS) is 15.6. The summed E-state index contributed by atoms with van der Waals surface area (Å²) >= 11 is 0. The fraction of sp³-hybridized carbons (Fsp3) is 0.500. The summed E-state index contributed by atoms with van der Waals surface area (Å²) in [4.78, 5) is 29.8. The maximum atomic E-state index is 12.2. The molecule has 162 valence electrons. The molecule has 1 amide bonds. The lowest BCUT2D eigenvalue weighted by Gasteiger charge is -2.31. The Balaban J connectivity index is 1.67. The number of rotatable bonds is 9. The fourth-order valence-corrected chi connectivity index (χ4v) is 3.77. The summed E-state index contributed by atoms with van der Waals surface area (Å²) < 4.78 is 5.06. The second-order valence-corrected chi connectivity index (χ2v) is 7.99. The number of anilines is 1. The molecule has 1 aliphatic heterocycles. The molecule has 0 saturated carbocycles. The van der Waals surface area contributed by atoms with Crippen molar-refractivity contribution in [2.75, 3.05) is 25.0 Å². The van der Waals surface area contributed by atoms with Gasteiger partial charge in [-0.15, -0.1) is 0 Å². The Morgan fingerprint density at radius 2 is 2.13 bits per heavy atom. The molecule has 2 N–H and O–H groups in total. The molecule has 1 unspecified atom stereocenters. The second kappa shape index (κ2) is 10.4. The van der Waals surface area contributed by atoms with E-state index in [4.69, 9.17) is 4.74 Å². The number of fused-ring (bicyclic) bond motifs is 1. The third-order valence-corrected chi connectivity index (χ3v) is 5.83. The molecular weight excluding hydrogens is 378 g/mol. The minimum absolute atomic E-state index is 0.266. The zero-order chi connectivity index (χ0) is 21.5. The smallest absolute Gasteiger partial charge is 0.315 e. The molecule has 6 nitrogen and oxygen atoms in total. The van der Waals surface area contributed by atoms with E-state index in [0.717, 1.165) is 49.7 Å². The van der Waals surface area contributed by atoms with Gasteiger partial charge in [0.15, 0.2) is 0 Å². The third kappa shape index (κ3) is 5.51. The highest BCUT2D eigenvalue weighted by molar-refractivity contribution is 6.03. The minimum Gasteiger partial charge on any atom is -0.465 e. The molecule has 3 rings (SSSR count). The fourth-order valence-electron chi connectivity index (χ4n) is 3.77. The molecule has 0 fully saturated rings. The van der Waals surface area contributed by atoms with E-state index in [0.29, 0.717) is 18.3 Å². The van der Waals surface area contributed by atoms with Gasteiger partial charge in [-0.3, -0.25) is 14.5 Å². The highest BCUT2D eigenvalue weighted by Crippen LogP contribution is 2.31. The van der Waals surface area contributed by atoms with Gasteiger partial charge in [0.2, 0.25) is 5.91 Å². The van der Waals surface area contributed by atoms with Gasteiger partial charge in [-0.2, -0.15) is 0 Å². The predicted octanol–water partition coefficient (Wildman–Crippen LogP) is 4.73.